The molecule has 0 fully saturated rings. The highest BCUT2D eigenvalue weighted by molar-refractivity contribution is 5.94. The highest BCUT2D eigenvalue weighted by atomic mass is 19.1. The van der Waals surface area contributed by atoms with Gasteiger partial charge in [-0.2, -0.15) is 0 Å². The Hall–Kier alpha value is -1.88. The molecule has 0 atom stereocenters. The highest BCUT2D eigenvalue weighted by Crippen LogP contribution is 2.34. The molecular formula is C14H15FN2O2. The van der Waals surface area contributed by atoms with Gasteiger partial charge in [0.1, 0.15) is 0 Å². The second-order valence-electron chi connectivity index (χ2n) is 4.47. The normalized spacial score (nSPS) is 14.3. The van der Waals surface area contributed by atoms with Crippen molar-refractivity contribution in [2.75, 3.05) is 26.1 Å². The van der Waals surface area contributed by atoms with Crippen LogP contribution in [0.5, 0.6) is 5.75 Å². The van der Waals surface area contributed by atoms with E-state index < -0.39 is 5.82 Å². The van der Waals surface area contributed by atoms with Crippen LogP contribution in [0.15, 0.2) is 12.1 Å². The number of anilines is 1. The Bertz CT molecular complexity index is 643. The number of ether oxygens (including phenoxy) is 2. The summed E-state index contributed by atoms with van der Waals surface area (Å²) in [5.74, 6) is -0.168. The molecular weight excluding hydrogens is 247 g/mol. The molecule has 100 valence electrons. The number of pyridine rings is 1. The first kappa shape index (κ1) is 12.2. The van der Waals surface area contributed by atoms with Gasteiger partial charge in [-0.1, -0.05) is 0 Å². The van der Waals surface area contributed by atoms with Gasteiger partial charge in [-0.15, -0.1) is 0 Å². The van der Waals surface area contributed by atoms with E-state index in [0.29, 0.717) is 18.7 Å². The Balaban J connectivity index is 2.33. The summed E-state index contributed by atoms with van der Waals surface area (Å²) in [6.45, 7) is 1.20. The van der Waals surface area contributed by atoms with Crippen LogP contribution in [0.25, 0.3) is 10.9 Å². The molecule has 0 unspecified atom stereocenters. The van der Waals surface area contributed by atoms with E-state index in [0.717, 1.165) is 28.8 Å². The van der Waals surface area contributed by atoms with Crippen LogP contribution in [-0.2, 0) is 17.8 Å². The third-order valence-electron chi connectivity index (χ3n) is 3.42. The summed E-state index contributed by atoms with van der Waals surface area (Å²) in [6.07, 6.45) is 0.758. The van der Waals surface area contributed by atoms with E-state index in [4.69, 9.17) is 9.47 Å². The minimum atomic E-state index is -0.392. The van der Waals surface area contributed by atoms with Crippen molar-refractivity contribution in [3.05, 3.63) is 29.2 Å². The average molecular weight is 262 g/mol. The molecule has 1 aliphatic heterocycles. The lowest BCUT2D eigenvalue weighted by Crippen LogP contribution is -2.14. The lowest BCUT2D eigenvalue weighted by molar-refractivity contribution is 0.110. The summed E-state index contributed by atoms with van der Waals surface area (Å²) in [6, 6.07) is 3.10. The topological polar surface area (TPSA) is 43.4 Å². The van der Waals surface area contributed by atoms with E-state index in [-0.39, 0.29) is 5.75 Å². The smallest absolute Gasteiger partial charge is 0.167 e. The van der Waals surface area contributed by atoms with Crippen molar-refractivity contribution in [2.45, 2.75) is 13.0 Å². The van der Waals surface area contributed by atoms with Crippen LogP contribution in [0.2, 0.25) is 0 Å². The molecule has 1 N–H and O–H groups in total. The summed E-state index contributed by atoms with van der Waals surface area (Å²) in [5.41, 5.74) is 3.61. The lowest BCUT2D eigenvalue weighted by atomic mass is 10.0. The lowest BCUT2D eigenvalue weighted by Gasteiger charge is -2.21. The van der Waals surface area contributed by atoms with E-state index in [1.165, 1.54) is 13.2 Å². The van der Waals surface area contributed by atoms with Gasteiger partial charge in [-0.3, -0.25) is 4.98 Å². The molecule has 0 saturated carbocycles. The maximum Gasteiger partial charge on any atom is 0.167 e. The second-order valence-corrected chi connectivity index (χ2v) is 4.47. The van der Waals surface area contributed by atoms with Crippen molar-refractivity contribution in [1.82, 2.24) is 4.98 Å². The summed E-state index contributed by atoms with van der Waals surface area (Å²) < 4.78 is 24.3. The molecule has 0 aliphatic carbocycles. The fourth-order valence-electron chi connectivity index (χ4n) is 2.50. The molecule has 2 heterocycles. The van der Waals surface area contributed by atoms with E-state index in [2.05, 4.69) is 10.3 Å². The van der Waals surface area contributed by atoms with Crippen molar-refractivity contribution in [2.24, 2.45) is 0 Å². The standard InChI is InChI=1S/C14H15FN2O2/c1-16-14-8-5-13(18-2)10(15)6-12(8)17-11-3-4-19-7-9(11)14/h5-6H,3-4,7H2,1-2H3,(H,16,17). The Labute approximate surface area is 110 Å². The first-order chi connectivity index (χ1) is 9.24. The van der Waals surface area contributed by atoms with Gasteiger partial charge < -0.3 is 14.8 Å². The van der Waals surface area contributed by atoms with Gasteiger partial charge in [-0.05, 0) is 6.07 Å². The SMILES string of the molecule is CNc1c2c(nc3cc(F)c(OC)cc13)CCOC2. The number of rotatable bonds is 2. The summed E-state index contributed by atoms with van der Waals surface area (Å²) >= 11 is 0. The number of hydrogen-bond donors (Lipinski definition) is 1. The minimum absolute atomic E-state index is 0.225. The van der Waals surface area contributed by atoms with Crippen LogP contribution in [0.1, 0.15) is 11.3 Å². The number of nitrogens with one attached hydrogen (secondary N) is 1. The van der Waals surface area contributed by atoms with E-state index in [9.17, 15) is 4.39 Å². The van der Waals surface area contributed by atoms with Crippen LogP contribution in [0.3, 0.4) is 0 Å². The Kier molecular flexibility index (Phi) is 2.98. The zero-order valence-electron chi connectivity index (χ0n) is 10.9. The molecule has 1 aromatic carbocycles. The van der Waals surface area contributed by atoms with Crippen molar-refractivity contribution >= 4 is 16.6 Å². The zero-order valence-corrected chi connectivity index (χ0v) is 10.9. The maximum absolute atomic E-state index is 13.8. The molecule has 1 aromatic heterocycles. The van der Waals surface area contributed by atoms with Gasteiger partial charge in [0, 0.05) is 30.5 Å². The van der Waals surface area contributed by atoms with Crippen molar-refractivity contribution in [3.63, 3.8) is 0 Å². The monoisotopic (exact) mass is 262 g/mol. The quantitative estimate of drug-likeness (QED) is 0.903. The highest BCUT2D eigenvalue weighted by Gasteiger charge is 2.19. The van der Waals surface area contributed by atoms with Gasteiger partial charge in [-0.25, -0.2) is 4.39 Å². The van der Waals surface area contributed by atoms with Crippen LogP contribution < -0.4 is 10.1 Å². The molecule has 4 nitrogen and oxygen atoms in total. The molecule has 1 aliphatic rings. The third kappa shape index (κ3) is 1.90. The maximum atomic E-state index is 13.8. The Morgan fingerprint density at radius 2 is 2.26 bits per heavy atom. The summed E-state index contributed by atoms with van der Waals surface area (Å²) in [5, 5.41) is 4.02. The Morgan fingerprint density at radius 1 is 1.42 bits per heavy atom. The molecule has 0 amide bonds. The van der Waals surface area contributed by atoms with E-state index in [1.807, 2.05) is 7.05 Å². The first-order valence-corrected chi connectivity index (χ1v) is 6.19. The molecule has 0 spiro atoms. The van der Waals surface area contributed by atoms with Gasteiger partial charge >= 0.3 is 0 Å². The van der Waals surface area contributed by atoms with Crippen LogP contribution in [0.4, 0.5) is 10.1 Å². The van der Waals surface area contributed by atoms with Crippen molar-refractivity contribution in [3.8, 4) is 5.75 Å². The summed E-state index contributed by atoms with van der Waals surface area (Å²) in [4.78, 5) is 4.55. The molecule has 3 rings (SSSR count). The van der Waals surface area contributed by atoms with Crippen LogP contribution >= 0.6 is 0 Å². The van der Waals surface area contributed by atoms with E-state index in [1.54, 1.807) is 6.07 Å². The van der Waals surface area contributed by atoms with Gasteiger partial charge in [0.15, 0.2) is 11.6 Å². The predicted octanol–water partition coefficient (Wildman–Crippen LogP) is 2.50. The second kappa shape index (κ2) is 4.66. The minimum Gasteiger partial charge on any atom is -0.494 e. The number of aromatic nitrogens is 1. The van der Waals surface area contributed by atoms with Crippen LogP contribution in [-0.4, -0.2) is 25.7 Å². The van der Waals surface area contributed by atoms with Crippen LogP contribution in [0, 0.1) is 5.82 Å². The molecule has 2 aromatic rings. The number of halogens is 1. The van der Waals surface area contributed by atoms with Gasteiger partial charge in [0.2, 0.25) is 0 Å². The van der Waals surface area contributed by atoms with E-state index >= 15 is 0 Å². The number of fused-ring (bicyclic) bond motifs is 2. The first-order valence-electron chi connectivity index (χ1n) is 6.19. The Morgan fingerprint density at radius 3 is 3.00 bits per heavy atom. The molecule has 0 saturated heterocycles. The predicted molar refractivity (Wildman–Crippen MR) is 71.2 cm³/mol. The van der Waals surface area contributed by atoms with Gasteiger partial charge in [0.05, 0.1) is 37.2 Å². The van der Waals surface area contributed by atoms with Crippen molar-refractivity contribution in [1.29, 1.82) is 0 Å². The third-order valence-corrected chi connectivity index (χ3v) is 3.42. The number of nitrogens with zero attached hydrogens (tertiary/aromatic N) is 1. The van der Waals surface area contributed by atoms with Gasteiger partial charge in [0.25, 0.3) is 0 Å². The molecule has 19 heavy (non-hydrogen) atoms. The largest absolute Gasteiger partial charge is 0.494 e. The number of benzene rings is 1. The molecule has 0 bridgehead atoms. The number of hydrogen-bond acceptors (Lipinski definition) is 4. The zero-order chi connectivity index (χ0) is 13.4. The fraction of sp³-hybridized carbons (Fsp3) is 0.357. The number of methoxy groups -OCH3 is 1. The molecule has 0 radical (unpaired) electrons. The fourth-order valence-corrected chi connectivity index (χ4v) is 2.50. The summed E-state index contributed by atoms with van der Waals surface area (Å²) in [7, 11) is 3.30. The molecule has 5 heteroatoms. The van der Waals surface area contributed by atoms with Crippen molar-refractivity contribution < 1.29 is 13.9 Å². The average Bonchev–Trinajstić information content (AvgIpc) is 2.44.